The maximum atomic E-state index is 5.76. The Morgan fingerprint density at radius 2 is 1.81 bits per heavy atom. The summed E-state index contributed by atoms with van der Waals surface area (Å²) in [6.45, 7) is 7.79. The van der Waals surface area contributed by atoms with E-state index in [1.807, 2.05) is 39.8 Å². The van der Waals surface area contributed by atoms with Crippen LogP contribution in [0.3, 0.4) is 0 Å². The summed E-state index contributed by atoms with van der Waals surface area (Å²) in [5, 5.41) is 0. The van der Waals surface area contributed by atoms with Crippen molar-refractivity contribution in [2.45, 2.75) is 33.8 Å². The molecule has 1 aromatic carbocycles. The predicted octanol–water partition coefficient (Wildman–Crippen LogP) is 2.53. The summed E-state index contributed by atoms with van der Waals surface area (Å²) < 4.78 is 11.0. The highest BCUT2D eigenvalue weighted by atomic mass is 16.5. The lowest BCUT2D eigenvalue weighted by Gasteiger charge is -2.13. The number of rotatable bonds is 4. The molecular formula is C15H20N4O2. The zero-order valence-electron chi connectivity index (χ0n) is 13.0. The minimum Gasteiger partial charge on any atom is -0.496 e. The number of nitrogen functional groups attached to an aromatic ring is 1. The third-order valence-electron chi connectivity index (χ3n) is 2.86. The predicted molar refractivity (Wildman–Crippen MR) is 81.5 cm³/mol. The fourth-order valence-electron chi connectivity index (χ4n) is 2.12. The summed E-state index contributed by atoms with van der Waals surface area (Å²) in [6, 6.07) is 4.20. The van der Waals surface area contributed by atoms with Crippen molar-refractivity contribution in [1.29, 1.82) is 0 Å². The zero-order chi connectivity index (χ0) is 15.6. The molecule has 0 aliphatic rings. The maximum Gasteiger partial charge on any atom is 0.322 e. The molecule has 0 spiro atoms. The molecule has 0 saturated heterocycles. The highest BCUT2D eigenvalue weighted by Gasteiger charge is 2.16. The van der Waals surface area contributed by atoms with Gasteiger partial charge >= 0.3 is 6.01 Å². The molecule has 2 aromatic rings. The molecule has 21 heavy (non-hydrogen) atoms. The van der Waals surface area contributed by atoms with E-state index in [2.05, 4.69) is 15.0 Å². The van der Waals surface area contributed by atoms with Crippen LogP contribution in [-0.4, -0.2) is 28.2 Å². The number of anilines is 1. The van der Waals surface area contributed by atoms with Gasteiger partial charge in [0.1, 0.15) is 5.75 Å². The van der Waals surface area contributed by atoms with Gasteiger partial charge in [-0.15, -0.1) is 0 Å². The van der Waals surface area contributed by atoms with Crippen molar-refractivity contribution >= 4 is 5.95 Å². The molecule has 0 aliphatic heterocycles. The van der Waals surface area contributed by atoms with Gasteiger partial charge in [0.15, 0.2) is 5.82 Å². The standard InChI is InChI=1S/C15H20N4O2/c1-8(2)21-15-18-13(17-14(16)19-15)12-10(4)6-9(3)7-11(12)20-5/h6-8H,1-5H3,(H2,16,17,18,19). The molecule has 6 heteroatoms. The molecule has 112 valence electrons. The monoisotopic (exact) mass is 288 g/mol. The highest BCUT2D eigenvalue weighted by molar-refractivity contribution is 5.69. The van der Waals surface area contributed by atoms with Crippen LogP contribution in [0.2, 0.25) is 0 Å². The number of aromatic nitrogens is 3. The second kappa shape index (κ2) is 5.95. The zero-order valence-corrected chi connectivity index (χ0v) is 13.0. The summed E-state index contributed by atoms with van der Waals surface area (Å²) in [6.07, 6.45) is -0.0411. The van der Waals surface area contributed by atoms with E-state index in [9.17, 15) is 0 Å². The fraction of sp³-hybridized carbons (Fsp3) is 0.400. The van der Waals surface area contributed by atoms with E-state index in [1.165, 1.54) is 0 Å². The molecule has 2 rings (SSSR count). The van der Waals surface area contributed by atoms with Gasteiger partial charge in [-0.2, -0.15) is 15.0 Å². The van der Waals surface area contributed by atoms with E-state index >= 15 is 0 Å². The average Bonchev–Trinajstić information content (AvgIpc) is 2.35. The van der Waals surface area contributed by atoms with E-state index in [4.69, 9.17) is 15.2 Å². The summed E-state index contributed by atoms with van der Waals surface area (Å²) in [7, 11) is 1.62. The number of benzene rings is 1. The van der Waals surface area contributed by atoms with Crippen molar-refractivity contribution in [3.05, 3.63) is 23.3 Å². The van der Waals surface area contributed by atoms with Crippen LogP contribution in [0.4, 0.5) is 5.95 Å². The molecule has 1 aromatic heterocycles. The molecular weight excluding hydrogens is 268 g/mol. The first kappa shape index (κ1) is 15.0. The Morgan fingerprint density at radius 1 is 1.10 bits per heavy atom. The Labute approximate surface area is 124 Å². The topological polar surface area (TPSA) is 83.2 Å². The van der Waals surface area contributed by atoms with Crippen molar-refractivity contribution in [3.63, 3.8) is 0 Å². The van der Waals surface area contributed by atoms with Crippen LogP contribution in [0.5, 0.6) is 11.8 Å². The molecule has 0 atom stereocenters. The van der Waals surface area contributed by atoms with Crippen molar-refractivity contribution in [1.82, 2.24) is 15.0 Å². The lowest BCUT2D eigenvalue weighted by molar-refractivity contribution is 0.222. The maximum absolute atomic E-state index is 5.76. The van der Waals surface area contributed by atoms with E-state index in [-0.39, 0.29) is 18.1 Å². The third kappa shape index (κ3) is 3.39. The molecule has 2 N–H and O–H groups in total. The molecule has 0 amide bonds. The second-order valence-electron chi connectivity index (χ2n) is 5.13. The Morgan fingerprint density at radius 3 is 2.43 bits per heavy atom. The molecule has 0 bridgehead atoms. The first-order valence-electron chi connectivity index (χ1n) is 6.74. The fourth-order valence-corrected chi connectivity index (χ4v) is 2.12. The van der Waals surface area contributed by atoms with E-state index in [0.717, 1.165) is 16.7 Å². The lowest BCUT2D eigenvalue weighted by atomic mass is 10.0. The van der Waals surface area contributed by atoms with E-state index in [1.54, 1.807) is 7.11 Å². The van der Waals surface area contributed by atoms with Gasteiger partial charge in [-0.3, -0.25) is 0 Å². The number of hydrogen-bond donors (Lipinski definition) is 1. The third-order valence-corrected chi connectivity index (χ3v) is 2.86. The van der Waals surface area contributed by atoms with Gasteiger partial charge in [-0.05, 0) is 44.9 Å². The quantitative estimate of drug-likeness (QED) is 0.930. The number of ether oxygens (including phenoxy) is 2. The van der Waals surface area contributed by atoms with Gasteiger partial charge in [0.25, 0.3) is 0 Å². The minimum absolute atomic E-state index is 0.0411. The van der Waals surface area contributed by atoms with Crippen molar-refractivity contribution < 1.29 is 9.47 Å². The summed E-state index contributed by atoms with van der Waals surface area (Å²) in [4.78, 5) is 12.5. The van der Waals surface area contributed by atoms with E-state index < -0.39 is 0 Å². The first-order valence-corrected chi connectivity index (χ1v) is 6.74. The van der Waals surface area contributed by atoms with Crippen LogP contribution in [0.1, 0.15) is 25.0 Å². The number of hydrogen-bond acceptors (Lipinski definition) is 6. The molecule has 6 nitrogen and oxygen atoms in total. The second-order valence-corrected chi connectivity index (χ2v) is 5.13. The number of nitrogens with two attached hydrogens (primary N) is 1. The van der Waals surface area contributed by atoms with E-state index in [0.29, 0.717) is 11.6 Å². The van der Waals surface area contributed by atoms with Gasteiger partial charge in [-0.1, -0.05) is 6.07 Å². The van der Waals surface area contributed by atoms with Gasteiger partial charge in [0.05, 0.1) is 18.8 Å². The molecule has 0 radical (unpaired) electrons. The van der Waals surface area contributed by atoms with Crippen molar-refractivity contribution in [2.75, 3.05) is 12.8 Å². The van der Waals surface area contributed by atoms with Crippen LogP contribution in [0, 0.1) is 13.8 Å². The Bertz CT molecular complexity index is 656. The number of nitrogens with zero attached hydrogens (tertiary/aromatic N) is 3. The van der Waals surface area contributed by atoms with Crippen molar-refractivity contribution in [2.24, 2.45) is 0 Å². The van der Waals surface area contributed by atoms with Crippen LogP contribution >= 0.6 is 0 Å². The van der Waals surface area contributed by atoms with Gasteiger partial charge in [0, 0.05) is 0 Å². The van der Waals surface area contributed by atoms with Crippen molar-refractivity contribution in [3.8, 4) is 23.1 Å². The molecule has 0 unspecified atom stereocenters. The lowest BCUT2D eigenvalue weighted by Crippen LogP contribution is -2.11. The Balaban J connectivity index is 2.59. The number of methoxy groups -OCH3 is 1. The molecule has 1 heterocycles. The average molecular weight is 288 g/mol. The highest BCUT2D eigenvalue weighted by Crippen LogP contribution is 2.33. The normalized spacial score (nSPS) is 10.8. The Kier molecular flexibility index (Phi) is 4.26. The largest absolute Gasteiger partial charge is 0.496 e. The van der Waals surface area contributed by atoms with Crippen LogP contribution in [-0.2, 0) is 0 Å². The summed E-state index contributed by atoms with van der Waals surface area (Å²) in [5.74, 6) is 1.28. The Hall–Kier alpha value is -2.37. The van der Waals surface area contributed by atoms with Crippen LogP contribution < -0.4 is 15.2 Å². The first-order chi connectivity index (χ1) is 9.90. The minimum atomic E-state index is -0.0411. The van der Waals surface area contributed by atoms with Gasteiger partial charge in [0.2, 0.25) is 5.95 Å². The molecule has 0 saturated carbocycles. The molecule has 0 aliphatic carbocycles. The smallest absolute Gasteiger partial charge is 0.322 e. The summed E-state index contributed by atoms with van der Waals surface area (Å²) in [5.41, 5.74) is 8.67. The van der Waals surface area contributed by atoms with Crippen LogP contribution in [0.15, 0.2) is 12.1 Å². The summed E-state index contributed by atoms with van der Waals surface area (Å²) >= 11 is 0. The SMILES string of the molecule is COc1cc(C)cc(C)c1-c1nc(N)nc(OC(C)C)n1. The van der Waals surface area contributed by atoms with Gasteiger partial charge in [-0.25, -0.2) is 0 Å². The molecule has 0 fully saturated rings. The van der Waals surface area contributed by atoms with Gasteiger partial charge < -0.3 is 15.2 Å². The number of aryl methyl sites for hydroxylation is 2. The van der Waals surface area contributed by atoms with Crippen LogP contribution in [0.25, 0.3) is 11.4 Å².